The molecule has 0 atom stereocenters. The van der Waals surface area contributed by atoms with Crippen LogP contribution in [0.5, 0.6) is 0 Å². The highest BCUT2D eigenvalue weighted by Crippen LogP contribution is 2.27. The van der Waals surface area contributed by atoms with Crippen LogP contribution in [-0.4, -0.2) is 17.4 Å². The molecule has 1 aromatic heterocycles. The van der Waals surface area contributed by atoms with Crippen LogP contribution in [0.25, 0.3) is 10.9 Å². The molecule has 1 fully saturated rings. The van der Waals surface area contributed by atoms with E-state index in [-0.39, 0.29) is 16.8 Å². The monoisotopic (exact) mass is 353 g/mol. The second kappa shape index (κ2) is 6.71. The number of rotatable bonds is 4. The molecule has 6 heteroatoms. The maximum Gasteiger partial charge on any atom is 0.227 e. The zero-order chi connectivity index (χ0) is 18.1. The second-order valence-corrected chi connectivity index (χ2v) is 6.28. The number of carbonyl (C=O) groups excluding carboxylic acids is 1. The summed E-state index contributed by atoms with van der Waals surface area (Å²) >= 11 is 0. The van der Waals surface area contributed by atoms with Crippen LogP contribution in [0.4, 0.5) is 20.2 Å². The highest BCUT2D eigenvalue weighted by Gasteiger charge is 2.21. The summed E-state index contributed by atoms with van der Waals surface area (Å²) < 4.78 is 28.1. The predicted molar refractivity (Wildman–Crippen MR) is 97.0 cm³/mol. The Kier molecular flexibility index (Phi) is 4.24. The van der Waals surface area contributed by atoms with E-state index < -0.39 is 11.6 Å². The molecule has 2 aromatic carbocycles. The van der Waals surface area contributed by atoms with E-state index in [0.29, 0.717) is 18.7 Å². The molecule has 2 heterocycles. The minimum atomic E-state index is -0.556. The van der Waals surface area contributed by atoms with E-state index in [9.17, 15) is 13.6 Å². The number of halogens is 2. The summed E-state index contributed by atoms with van der Waals surface area (Å²) in [5, 5.41) is 3.29. The fraction of sp³-hybridized carbons (Fsp3) is 0.200. The van der Waals surface area contributed by atoms with Crippen LogP contribution in [0.2, 0.25) is 0 Å². The molecule has 132 valence electrons. The lowest BCUT2D eigenvalue weighted by atomic mass is 10.1. The predicted octanol–water partition coefficient (Wildman–Crippen LogP) is 4.25. The van der Waals surface area contributed by atoms with Gasteiger partial charge in [0.25, 0.3) is 0 Å². The van der Waals surface area contributed by atoms with E-state index in [2.05, 4.69) is 10.3 Å². The SMILES string of the molecule is O=C1CCCN1c1cccc(CNc2ccnc3c(F)ccc(F)c23)c1. The standard InChI is InChI=1S/C20H17F2N3O/c21-15-6-7-16(22)20-19(15)17(8-9-23-20)24-12-13-3-1-4-14(11-13)25-10-2-5-18(25)26/h1,3-4,6-9,11H,2,5,10,12H2,(H,23,24). The van der Waals surface area contributed by atoms with E-state index in [0.717, 1.165) is 36.3 Å². The molecule has 1 amide bonds. The maximum atomic E-state index is 14.2. The lowest BCUT2D eigenvalue weighted by Crippen LogP contribution is -2.23. The lowest BCUT2D eigenvalue weighted by molar-refractivity contribution is -0.117. The Morgan fingerprint density at radius 1 is 1.12 bits per heavy atom. The van der Waals surface area contributed by atoms with Crippen molar-refractivity contribution in [2.24, 2.45) is 0 Å². The van der Waals surface area contributed by atoms with Gasteiger partial charge in [-0.25, -0.2) is 8.78 Å². The van der Waals surface area contributed by atoms with Crippen molar-refractivity contribution < 1.29 is 13.6 Å². The van der Waals surface area contributed by atoms with Crippen LogP contribution in [-0.2, 0) is 11.3 Å². The molecular weight excluding hydrogens is 336 g/mol. The Balaban J connectivity index is 1.59. The van der Waals surface area contributed by atoms with Gasteiger partial charge in [0.15, 0.2) is 0 Å². The van der Waals surface area contributed by atoms with Crippen molar-refractivity contribution in [1.82, 2.24) is 4.98 Å². The van der Waals surface area contributed by atoms with Gasteiger partial charge in [0, 0.05) is 37.1 Å². The normalized spacial score (nSPS) is 14.2. The minimum Gasteiger partial charge on any atom is -0.380 e. The number of nitrogens with zero attached hydrogens (tertiary/aromatic N) is 2. The molecule has 0 aliphatic carbocycles. The maximum absolute atomic E-state index is 14.2. The first-order valence-corrected chi connectivity index (χ1v) is 8.49. The quantitative estimate of drug-likeness (QED) is 0.763. The number of hydrogen-bond donors (Lipinski definition) is 1. The average Bonchev–Trinajstić information content (AvgIpc) is 3.09. The van der Waals surface area contributed by atoms with Crippen molar-refractivity contribution >= 4 is 28.2 Å². The van der Waals surface area contributed by atoms with Crippen molar-refractivity contribution in [2.75, 3.05) is 16.8 Å². The summed E-state index contributed by atoms with van der Waals surface area (Å²) in [4.78, 5) is 17.6. The van der Waals surface area contributed by atoms with Crippen LogP contribution in [0.1, 0.15) is 18.4 Å². The molecule has 1 aliphatic heterocycles. The third-order valence-corrected chi connectivity index (χ3v) is 4.57. The van der Waals surface area contributed by atoms with E-state index in [1.165, 1.54) is 6.20 Å². The zero-order valence-electron chi connectivity index (χ0n) is 14.0. The van der Waals surface area contributed by atoms with Crippen molar-refractivity contribution in [3.63, 3.8) is 0 Å². The van der Waals surface area contributed by atoms with Crippen molar-refractivity contribution in [3.05, 3.63) is 65.9 Å². The summed E-state index contributed by atoms with van der Waals surface area (Å²) in [6.07, 6.45) is 2.90. The summed E-state index contributed by atoms with van der Waals surface area (Å²) in [6, 6.07) is 11.5. The van der Waals surface area contributed by atoms with Crippen molar-refractivity contribution in [2.45, 2.75) is 19.4 Å². The third-order valence-electron chi connectivity index (χ3n) is 4.57. The van der Waals surface area contributed by atoms with Crippen LogP contribution >= 0.6 is 0 Å². The van der Waals surface area contributed by atoms with Crippen molar-refractivity contribution in [1.29, 1.82) is 0 Å². The number of nitrogens with one attached hydrogen (secondary N) is 1. The van der Waals surface area contributed by atoms with Gasteiger partial charge in [0.05, 0.1) is 5.39 Å². The fourth-order valence-electron chi connectivity index (χ4n) is 3.29. The summed E-state index contributed by atoms with van der Waals surface area (Å²) in [7, 11) is 0. The molecule has 1 N–H and O–H groups in total. The minimum absolute atomic E-state index is 0.00594. The first-order chi connectivity index (χ1) is 12.6. The molecular formula is C20H17F2N3O. The van der Waals surface area contributed by atoms with Crippen LogP contribution < -0.4 is 10.2 Å². The number of fused-ring (bicyclic) bond motifs is 1. The molecule has 0 spiro atoms. The summed E-state index contributed by atoms with van der Waals surface area (Å²) in [5.41, 5.74) is 2.30. The number of amides is 1. The Morgan fingerprint density at radius 2 is 1.96 bits per heavy atom. The van der Waals surface area contributed by atoms with Gasteiger partial charge in [-0.2, -0.15) is 0 Å². The number of carbonyl (C=O) groups is 1. The second-order valence-electron chi connectivity index (χ2n) is 6.28. The molecule has 0 saturated carbocycles. The Bertz CT molecular complexity index is 990. The molecule has 3 aromatic rings. The van der Waals surface area contributed by atoms with Gasteiger partial charge in [-0.1, -0.05) is 12.1 Å². The van der Waals surface area contributed by atoms with Gasteiger partial charge in [0.1, 0.15) is 17.2 Å². The number of aromatic nitrogens is 1. The topological polar surface area (TPSA) is 45.2 Å². The molecule has 0 bridgehead atoms. The smallest absolute Gasteiger partial charge is 0.227 e. The van der Waals surface area contributed by atoms with E-state index >= 15 is 0 Å². The molecule has 4 nitrogen and oxygen atoms in total. The van der Waals surface area contributed by atoms with E-state index in [4.69, 9.17) is 0 Å². The Labute approximate surface area is 149 Å². The highest BCUT2D eigenvalue weighted by molar-refractivity contribution is 5.95. The molecule has 1 saturated heterocycles. The van der Waals surface area contributed by atoms with Gasteiger partial charge < -0.3 is 10.2 Å². The first-order valence-electron chi connectivity index (χ1n) is 8.49. The van der Waals surface area contributed by atoms with Gasteiger partial charge in [-0.3, -0.25) is 9.78 Å². The van der Waals surface area contributed by atoms with Gasteiger partial charge in [-0.15, -0.1) is 0 Å². The van der Waals surface area contributed by atoms with Crippen LogP contribution in [0.15, 0.2) is 48.7 Å². The number of anilines is 2. The number of pyridine rings is 1. The Morgan fingerprint density at radius 3 is 2.77 bits per heavy atom. The molecule has 0 unspecified atom stereocenters. The van der Waals surface area contributed by atoms with E-state index in [1.54, 1.807) is 11.0 Å². The van der Waals surface area contributed by atoms with Crippen LogP contribution in [0, 0.1) is 11.6 Å². The van der Waals surface area contributed by atoms with Gasteiger partial charge in [-0.05, 0) is 42.3 Å². The molecule has 0 radical (unpaired) electrons. The largest absolute Gasteiger partial charge is 0.380 e. The summed E-state index contributed by atoms with van der Waals surface area (Å²) in [5.74, 6) is -0.944. The lowest BCUT2D eigenvalue weighted by Gasteiger charge is -2.17. The third kappa shape index (κ3) is 2.98. The van der Waals surface area contributed by atoms with Gasteiger partial charge >= 0.3 is 0 Å². The average molecular weight is 353 g/mol. The molecule has 26 heavy (non-hydrogen) atoms. The molecule has 4 rings (SSSR count). The zero-order valence-corrected chi connectivity index (χ0v) is 14.0. The van der Waals surface area contributed by atoms with Gasteiger partial charge in [0.2, 0.25) is 5.91 Å². The first kappa shape index (κ1) is 16.4. The fourth-order valence-corrected chi connectivity index (χ4v) is 3.29. The number of benzene rings is 2. The highest BCUT2D eigenvalue weighted by atomic mass is 19.1. The van der Waals surface area contributed by atoms with E-state index in [1.807, 2.05) is 24.3 Å². The number of hydrogen-bond acceptors (Lipinski definition) is 3. The Hall–Kier alpha value is -3.02. The van der Waals surface area contributed by atoms with Crippen molar-refractivity contribution in [3.8, 4) is 0 Å². The van der Waals surface area contributed by atoms with Crippen LogP contribution in [0.3, 0.4) is 0 Å². The molecule has 1 aliphatic rings. The summed E-state index contributed by atoms with van der Waals surface area (Å²) in [6.45, 7) is 1.15.